The van der Waals surface area contributed by atoms with E-state index in [1.165, 1.54) is 0 Å². The van der Waals surface area contributed by atoms with E-state index in [-0.39, 0.29) is 22.8 Å². The molecule has 0 unspecified atom stereocenters. The van der Waals surface area contributed by atoms with Crippen molar-refractivity contribution in [3.8, 4) is 0 Å². The lowest BCUT2D eigenvalue weighted by Crippen LogP contribution is -2.51. The van der Waals surface area contributed by atoms with Crippen molar-refractivity contribution in [2.75, 3.05) is 6.54 Å². The standard InChI is InChI=1S/C14H22Cl4N2O2/c1-13(2)4-8(20-12(22)10(17)18)5-14(3,6-13)7-19-11(21)9(15)16/h8-10H,4-7H2,1-3H3,(H,19,21)(H,20,22)/t8-,14-/m0/s1. The molecule has 1 fully saturated rings. The Hall–Kier alpha value is 0.1000. The lowest BCUT2D eigenvalue weighted by atomic mass is 9.62. The van der Waals surface area contributed by atoms with E-state index < -0.39 is 15.6 Å². The van der Waals surface area contributed by atoms with Crippen LogP contribution in [0, 0.1) is 10.8 Å². The van der Waals surface area contributed by atoms with Crippen LogP contribution in [-0.2, 0) is 9.59 Å². The molecule has 0 heterocycles. The van der Waals surface area contributed by atoms with Crippen LogP contribution in [-0.4, -0.2) is 34.1 Å². The Bertz CT molecular complexity index is 429. The number of nitrogens with one attached hydrogen (secondary N) is 2. The number of alkyl halides is 4. The first-order valence-corrected chi connectivity index (χ1v) is 8.83. The minimum Gasteiger partial charge on any atom is -0.353 e. The van der Waals surface area contributed by atoms with E-state index in [1.807, 2.05) is 0 Å². The van der Waals surface area contributed by atoms with Gasteiger partial charge in [-0.15, -0.1) is 0 Å². The molecule has 0 aromatic carbocycles. The first kappa shape index (κ1) is 20.1. The summed E-state index contributed by atoms with van der Waals surface area (Å²) in [5.74, 6) is -0.797. The van der Waals surface area contributed by atoms with Gasteiger partial charge in [0.1, 0.15) is 0 Å². The van der Waals surface area contributed by atoms with E-state index in [2.05, 4.69) is 31.4 Å². The molecule has 0 aliphatic heterocycles. The zero-order chi connectivity index (χ0) is 17.1. The summed E-state index contributed by atoms with van der Waals surface area (Å²) >= 11 is 22.3. The molecule has 0 saturated heterocycles. The molecule has 1 rings (SSSR count). The molecular formula is C14H22Cl4N2O2. The molecule has 8 heteroatoms. The average Bonchev–Trinajstić information content (AvgIpc) is 2.33. The molecule has 0 radical (unpaired) electrons. The molecule has 0 bridgehead atoms. The minimum absolute atomic E-state index is 0.0190. The van der Waals surface area contributed by atoms with Gasteiger partial charge in [0.15, 0.2) is 9.67 Å². The Morgan fingerprint density at radius 2 is 1.59 bits per heavy atom. The van der Waals surface area contributed by atoms with Crippen molar-refractivity contribution in [2.45, 2.75) is 55.7 Å². The van der Waals surface area contributed by atoms with Crippen molar-refractivity contribution in [3.05, 3.63) is 0 Å². The summed E-state index contributed by atoms with van der Waals surface area (Å²) in [5, 5.41) is 5.63. The second-order valence-corrected chi connectivity index (χ2v) is 9.28. The van der Waals surface area contributed by atoms with Crippen LogP contribution in [0.4, 0.5) is 0 Å². The van der Waals surface area contributed by atoms with Gasteiger partial charge in [0, 0.05) is 12.6 Å². The molecular weight excluding hydrogens is 370 g/mol. The van der Waals surface area contributed by atoms with Crippen molar-refractivity contribution in [2.24, 2.45) is 10.8 Å². The molecule has 22 heavy (non-hydrogen) atoms. The Morgan fingerprint density at radius 1 is 1.05 bits per heavy atom. The molecule has 2 atom stereocenters. The van der Waals surface area contributed by atoms with E-state index >= 15 is 0 Å². The van der Waals surface area contributed by atoms with Crippen molar-refractivity contribution >= 4 is 58.2 Å². The Labute approximate surface area is 151 Å². The summed E-state index contributed by atoms with van der Waals surface area (Å²) in [6.07, 6.45) is 2.46. The van der Waals surface area contributed by atoms with Crippen LogP contribution in [0.5, 0.6) is 0 Å². The highest BCUT2D eigenvalue weighted by Crippen LogP contribution is 2.45. The Morgan fingerprint density at radius 3 is 2.09 bits per heavy atom. The van der Waals surface area contributed by atoms with Gasteiger partial charge in [-0.2, -0.15) is 0 Å². The van der Waals surface area contributed by atoms with E-state index in [0.717, 1.165) is 19.3 Å². The van der Waals surface area contributed by atoms with E-state index in [1.54, 1.807) is 0 Å². The van der Waals surface area contributed by atoms with Crippen molar-refractivity contribution in [1.29, 1.82) is 0 Å². The van der Waals surface area contributed by atoms with Crippen LogP contribution in [0.3, 0.4) is 0 Å². The number of rotatable bonds is 5. The van der Waals surface area contributed by atoms with Gasteiger partial charge >= 0.3 is 0 Å². The van der Waals surface area contributed by atoms with Crippen molar-refractivity contribution < 1.29 is 9.59 Å². The van der Waals surface area contributed by atoms with Gasteiger partial charge in [-0.05, 0) is 30.1 Å². The normalized spacial score (nSPS) is 27.8. The van der Waals surface area contributed by atoms with E-state index in [0.29, 0.717) is 6.54 Å². The monoisotopic (exact) mass is 390 g/mol. The summed E-state index contributed by atoms with van der Waals surface area (Å²) in [6, 6.07) is -0.0408. The van der Waals surface area contributed by atoms with Gasteiger partial charge in [0.25, 0.3) is 11.8 Å². The molecule has 0 aromatic rings. The topological polar surface area (TPSA) is 58.2 Å². The second kappa shape index (κ2) is 7.78. The molecule has 128 valence electrons. The zero-order valence-electron chi connectivity index (χ0n) is 12.9. The third kappa shape index (κ3) is 6.31. The maximum atomic E-state index is 11.7. The number of carbonyl (C=O) groups excluding carboxylic acids is 2. The fourth-order valence-corrected chi connectivity index (χ4v) is 3.79. The van der Waals surface area contributed by atoms with E-state index in [9.17, 15) is 9.59 Å². The van der Waals surface area contributed by atoms with Gasteiger partial charge in [-0.25, -0.2) is 0 Å². The average molecular weight is 392 g/mol. The smallest absolute Gasteiger partial charge is 0.253 e. The molecule has 2 amide bonds. The largest absolute Gasteiger partial charge is 0.353 e. The molecule has 2 N–H and O–H groups in total. The van der Waals surface area contributed by atoms with Crippen LogP contribution < -0.4 is 10.6 Å². The minimum atomic E-state index is -1.08. The summed E-state index contributed by atoms with van der Waals surface area (Å²) < 4.78 is 0. The quantitative estimate of drug-likeness (QED) is 0.705. The predicted octanol–water partition coefficient (Wildman–Crippen LogP) is 3.41. The maximum Gasteiger partial charge on any atom is 0.253 e. The zero-order valence-corrected chi connectivity index (χ0v) is 15.9. The van der Waals surface area contributed by atoms with Crippen LogP contribution in [0.2, 0.25) is 0 Å². The summed E-state index contributed by atoms with van der Waals surface area (Å²) in [5.41, 5.74) is -0.155. The Balaban J connectivity index is 2.73. The highest BCUT2D eigenvalue weighted by Gasteiger charge is 2.42. The number of halogens is 4. The van der Waals surface area contributed by atoms with Gasteiger partial charge in [-0.1, -0.05) is 67.2 Å². The molecule has 1 aliphatic rings. The SMILES string of the molecule is CC1(C)C[C@H](NC(=O)C(Cl)Cl)C[C@](C)(CNC(=O)C(Cl)Cl)C1. The number of hydrogen-bond donors (Lipinski definition) is 2. The predicted molar refractivity (Wildman–Crippen MR) is 91.7 cm³/mol. The summed E-state index contributed by atoms with van der Waals surface area (Å²) in [7, 11) is 0. The highest BCUT2D eigenvalue weighted by atomic mass is 35.5. The number of hydrogen-bond acceptors (Lipinski definition) is 2. The number of amides is 2. The first-order valence-electron chi connectivity index (χ1n) is 7.08. The van der Waals surface area contributed by atoms with Crippen molar-refractivity contribution in [1.82, 2.24) is 10.6 Å². The lowest BCUT2D eigenvalue weighted by Gasteiger charge is -2.47. The van der Waals surface area contributed by atoms with Crippen LogP contribution in [0.1, 0.15) is 40.0 Å². The van der Waals surface area contributed by atoms with Crippen LogP contribution >= 0.6 is 46.4 Å². The third-order valence-corrected chi connectivity index (χ3v) is 4.67. The summed E-state index contributed by atoms with van der Waals surface area (Å²) in [4.78, 5) is 21.1. The molecule has 1 aliphatic carbocycles. The molecule has 1 saturated carbocycles. The van der Waals surface area contributed by atoms with Gasteiger partial charge < -0.3 is 10.6 Å². The van der Waals surface area contributed by atoms with Crippen LogP contribution in [0.25, 0.3) is 0 Å². The highest BCUT2D eigenvalue weighted by molar-refractivity contribution is 6.53. The maximum absolute atomic E-state index is 11.7. The van der Waals surface area contributed by atoms with Gasteiger partial charge in [-0.3, -0.25) is 9.59 Å². The molecule has 0 spiro atoms. The first-order chi connectivity index (χ1) is 9.94. The fourth-order valence-electron chi connectivity index (χ4n) is 3.51. The van der Waals surface area contributed by atoms with Crippen LogP contribution in [0.15, 0.2) is 0 Å². The number of carbonyl (C=O) groups is 2. The molecule has 0 aromatic heterocycles. The van der Waals surface area contributed by atoms with Gasteiger partial charge in [0.05, 0.1) is 0 Å². The third-order valence-electron chi connectivity index (χ3n) is 3.88. The van der Waals surface area contributed by atoms with Gasteiger partial charge in [0.2, 0.25) is 0 Å². The summed E-state index contributed by atoms with van der Waals surface area (Å²) in [6.45, 7) is 6.79. The van der Waals surface area contributed by atoms with Crippen molar-refractivity contribution in [3.63, 3.8) is 0 Å². The lowest BCUT2D eigenvalue weighted by molar-refractivity contribution is -0.122. The molecule has 4 nitrogen and oxygen atoms in total. The Kier molecular flexibility index (Phi) is 7.12. The second-order valence-electron chi connectivity index (χ2n) is 7.08. The van der Waals surface area contributed by atoms with E-state index in [4.69, 9.17) is 46.4 Å². The fraction of sp³-hybridized carbons (Fsp3) is 0.857.